The summed E-state index contributed by atoms with van der Waals surface area (Å²) in [6.07, 6.45) is -3.87. The third kappa shape index (κ3) is 5.55. The van der Waals surface area contributed by atoms with Crippen LogP contribution in [0, 0.1) is 0 Å². The molecule has 0 unspecified atom stereocenters. The summed E-state index contributed by atoms with van der Waals surface area (Å²) in [7, 11) is 2.48. The van der Waals surface area contributed by atoms with Crippen LogP contribution >= 0.6 is 0 Å². The van der Waals surface area contributed by atoms with Gasteiger partial charge in [0.25, 0.3) is 0 Å². The number of nitrogens with one attached hydrogen (secondary N) is 2. The Morgan fingerprint density at radius 1 is 1.10 bits per heavy atom. The van der Waals surface area contributed by atoms with Crippen molar-refractivity contribution in [2.75, 3.05) is 51.5 Å². The lowest BCUT2D eigenvalue weighted by Crippen LogP contribution is -2.30. The minimum Gasteiger partial charge on any atom is -0.358 e. The van der Waals surface area contributed by atoms with Crippen molar-refractivity contribution >= 4 is 27.5 Å². The van der Waals surface area contributed by atoms with Crippen molar-refractivity contribution < 1.29 is 21.6 Å². The predicted octanol–water partition coefficient (Wildman–Crippen LogP) is 2.14. The number of anilines is 3. The zero-order valence-corrected chi connectivity index (χ0v) is 17.3. The molecule has 0 fully saturated rings. The number of rotatable bonds is 8. The molecule has 0 saturated heterocycles. The van der Waals surface area contributed by atoms with Gasteiger partial charge in [-0.2, -0.15) is 18.2 Å². The van der Waals surface area contributed by atoms with Gasteiger partial charge in [0.2, 0.25) is 16.0 Å². The van der Waals surface area contributed by atoms with Crippen LogP contribution in [0.1, 0.15) is 5.56 Å². The molecule has 2 N–H and O–H groups in total. The average Bonchev–Trinajstić information content (AvgIpc) is 2.65. The molecule has 29 heavy (non-hydrogen) atoms. The molecule has 160 valence electrons. The smallest absolute Gasteiger partial charge is 0.358 e. The van der Waals surface area contributed by atoms with Crippen molar-refractivity contribution in [1.82, 2.24) is 19.6 Å². The van der Waals surface area contributed by atoms with E-state index in [0.717, 1.165) is 10.5 Å². The zero-order chi connectivity index (χ0) is 21.8. The summed E-state index contributed by atoms with van der Waals surface area (Å²) in [4.78, 5) is 9.25. The predicted molar refractivity (Wildman–Crippen MR) is 105 cm³/mol. The van der Waals surface area contributed by atoms with E-state index in [1.54, 1.807) is 7.05 Å². The summed E-state index contributed by atoms with van der Waals surface area (Å²) in [5.41, 5.74) is -0.500. The number of sulfonamides is 1. The fourth-order valence-corrected chi connectivity index (χ4v) is 3.26. The number of likely N-dealkylation sites (N-methyl/N-ethyl adjacent to an activating group) is 2. The molecule has 1 aromatic carbocycles. The monoisotopic (exact) mass is 432 g/mol. The molecule has 2 rings (SSSR count). The van der Waals surface area contributed by atoms with Gasteiger partial charge in [0.15, 0.2) is 0 Å². The van der Waals surface area contributed by atoms with Crippen LogP contribution < -0.4 is 15.5 Å². The maximum Gasteiger partial charge on any atom is 0.421 e. The van der Waals surface area contributed by atoms with Crippen LogP contribution in [0.25, 0.3) is 0 Å². The lowest BCUT2D eigenvalue weighted by Gasteiger charge is -2.22. The van der Waals surface area contributed by atoms with Crippen LogP contribution in [0.15, 0.2) is 35.4 Å². The van der Waals surface area contributed by atoms with Crippen LogP contribution in [-0.4, -0.2) is 64.0 Å². The third-order valence-corrected chi connectivity index (χ3v) is 5.85. The van der Waals surface area contributed by atoms with Crippen molar-refractivity contribution in [2.24, 2.45) is 0 Å². The summed E-state index contributed by atoms with van der Waals surface area (Å²) >= 11 is 0. The highest BCUT2D eigenvalue weighted by molar-refractivity contribution is 7.89. The average molecular weight is 432 g/mol. The molecular weight excluding hydrogens is 409 g/mol. The molecule has 8 nitrogen and oxygen atoms in total. The van der Waals surface area contributed by atoms with E-state index in [2.05, 4.69) is 20.6 Å². The zero-order valence-electron chi connectivity index (χ0n) is 16.4. The van der Waals surface area contributed by atoms with E-state index in [0.29, 0.717) is 18.8 Å². The maximum absolute atomic E-state index is 13.3. The van der Waals surface area contributed by atoms with Gasteiger partial charge in [-0.25, -0.2) is 17.7 Å². The van der Waals surface area contributed by atoms with E-state index >= 15 is 0 Å². The van der Waals surface area contributed by atoms with Crippen LogP contribution in [0.3, 0.4) is 0 Å². The molecule has 0 spiro atoms. The van der Waals surface area contributed by atoms with Crippen molar-refractivity contribution in [3.8, 4) is 0 Å². The number of aromatic nitrogens is 2. The largest absolute Gasteiger partial charge is 0.421 e. The number of hydrogen-bond acceptors (Lipinski definition) is 7. The number of alkyl halides is 3. The molecule has 2 aromatic rings. The highest BCUT2D eigenvalue weighted by Crippen LogP contribution is 2.35. The molecule has 0 saturated carbocycles. The minimum atomic E-state index is -4.59. The lowest BCUT2D eigenvalue weighted by atomic mass is 10.2. The van der Waals surface area contributed by atoms with Crippen LogP contribution in [0.4, 0.5) is 30.6 Å². The molecule has 0 atom stereocenters. The van der Waals surface area contributed by atoms with E-state index in [1.165, 1.54) is 50.3 Å². The van der Waals surface area contributed by atoms with Gasteiger partial charge >= 0.3 is 6.18 Å². The first-order valence-corrected chi connectivity index (χ1v) is 10.0. The Kier molecular flexibility index (Phi) is 7.03. The van der Waals surface area contributed by atoms with Crippen molar-refractivity contribution in [3.63, 3.8) is 0 Å². The molecule has 1 aromatic heterocycles. The Hall–Kier alpha value is -2.44. The van der Waals surface area contributed by atoms with Gasteiger partial charge in [0, 0.05) is 46.1 Å². The van der Waals surface area contributed by atoms with E-state index in [1.807, 2.05) is 0 Å². The van der Waals surface area contributed by atoms with E-state index in [9.17, 15) is 21.6 Å². The fourth-order valence-electron chi connectivity index (χ4n) is 2.36. The normalized spacial score (nSPS) is 12.3. The second-order valence-electron chi connectivity index (χ2n) is 6.39. The summed E-state index contributed by atoms with van der Waals surface area (Å²) in [6, 6.07) is 5.76. The quantitative estimate of drug-likeness (QED) is 0.661. The van der Waals surface area contributed by atoms with Gasteiger partial charge in [-0.3, -0.25) is 0 Å². The molecular formula is C17H23F3N6O2S. The van der Waals surface area contributed by atoms with Crippen molar-refractivity contribution in [1.29, 1.82) is 0 Å². The Labute approximate surface area is 167 Å². The molecule has 0 bridgehead atoms. The molecule has 0 radical (unpaired) electrons. The maximum atomic E-state index is 13.3. The van der Waals surface area contributed by atoms with Gasteiger partial charge in [-0.1, -0.05) is 0 Å². The summed E-state index contributed by atoms with van der Waals surface area (Å²) in [5.74, 6) is -0.287. The SMILES string of the molecule is CNCCN(C)c1nc(Nc2ccc(S(=O)(=O)N(C)C)cc2)ncc1C(F)(F)F. The van der Waals surface area contributed by atoms with Gasteiger partial charge < -0.3 is 15.5 Å². The first-order valence-electron chi connectivity index (χ1n) is 8.56. The standard InChI is InChI=1S/C17H23F3N6O2S/c1-21-9-10-26(4)15-14(17(18,19)20)11-22-16(24-15)23-12-5-7-13(8-6-12)29(27,28)25(2)3/h5-8,11,21H,9-10H2,1-4H3,(H,22,23,24). The molecule has 0 amide bonds. The van der Waals surface area contributed by atoms with Gasteiger partial charge in [0.05, 0.1) is 4.90 Å². The van der Waals surface area contributed by atoms with Crippen LogP contribution in [-0.2, 0) is 16.2 Å². The minimum absolute atomic E-state index is 0.0347. The fraction of sp³-hybridized carbons (Fsp3) is 0.412. The van der Waals surface area contributed by atoms with E-state index < -0.39 is 21.8 Å². The second-order valence-corrected chi connectivity index (χ2v) is 8.54. The van der Waals surface area contributed by atoms with E-state index in [-0.39, 0.29) is 16.7 Å². The molecule has 0 aliphatic carbocycles. The Bertz CT molecular complexity index is 933. The second kappa shape index (κ2) is 8.93. The molecule has 0 aliphatic rings. The topological polar surface area (TPSA) is 90.5 Å². The summed E-state index contributed by atoms with van der Waals surface area (Å²) in [5, 5.41) is 5.67. The lowest BCUT2D eigenvalue weighted by molar-refractivity contribution is -0.137. The van der Waals surface area contributed by atoms with Gasteiger partial charge in [-0.15, -0.1) is 0 Å². The van der Waals surface area contributed by atoms with Gasteiger partial charge in [-0.05, 0) is 31.3 Å². The summed E-state index contributed by atoms with van der Waals surface area (Å²) < 4.78 is 65.2. The van der Waals surface area contributed by atoms with Crippen LogP contribution in [0.5, 0.6) is 0 Å². The third-order valence-electron chi connectivity index (χ3n) is 4.02. The molecule has 1 heterocycles. The first-order chi connectivity index (χ1) is 13.5. The number of benzene rings is 1. The molecule has 12 heteroatoms. The highest BCUT2D eigenvalue weighted by atomic mass is 32.2. The summed E-state index contributed by atoms with van der Waals surface area (Å²) in [6.45, 7) is 0.787. The first kappa shape index (κ1) is 22.8. The van der Waals surface area contributed by atoms with Crippen molar-refractivity contribution in [2.45, 2.75) is 11.1 Å². The Morgan fingerprint density at radius 2 is 1.72 bits per heavy atom. The number of halogens is 3. The Balaban J connectivity index is 2.31. The number of hydrogen-bond donors (Lipinski definition) is 2. The Morgan fingerprint density at radius 3 is 2.24 bits per heavy atom. The van der Waals surface area contributed by atoms with Crippen LogP contribution in [0.2, 0.25) is 0 Å². The highest BCUT2D eigenvalue weighted by Gasteiger charge is 2.36. The van der Waals surface area contributed by atoms with E-state index in [4.69, 9.17) is 0 Å². The number of nitrogens with zero attached hydrogens (tertiary/aromatic N) is 4. The van der Waals surface area contributed by atoms with Crippen molar-refractivity contribution in [3.05, 3.63) is 36.0 Å². The molecule has 0 aliphatic heterocycles. The van der Waals surface area contributed by atoms with Gasteiger partial charge in [0.1, 0.15) is 11.4 Å².